The number of urea groups is 1. The van der Waals surface area contributed by atoms with Crippen LogP contribution in [0.4, 0.5) is 10.5 Å². The van der Waals surface area contributed by atoms with E-state index in [1.807, 2.05) is 0 Å². The number of amides is 5. The van der Waals surface area contributed by atoms with Crippen molar-refractivity contribution < 1.29 is 19.2 Å². The highest BCUT2D eigenvalue weighted by Gasteiger charge is 2.46. The van der Waals surface area contributed by atoms with Crippen molar-refractivity contribution >= 4 is 52.6 Å². The Balaban J connectivity index is 2.28. The van der Waals surface area contributed by atoms with Gasteiger partial charge in [0.1, 0.15) is 0 Å². The third-order valence-corrected chi connectivity index (χ3v) is 4.02. The van der Waals surface area contributed by atoms with Crippen molar-refractivity contribution in [3.63, 3.8) is 0 Å². The second-order valence-electron chi connectivity index (χ2n) is 4.60. The van der Waals surface area contributed by atoms with Gasteiger partial charge in [0.2, 0.25) is 5.91 Å². The van der Waals surface area contributed by atoms with Crippen molar-refractivity contribution in [1.29, 1.82) is 0 Å². The molecule has 1 aliphatic heterocycles. The summed E-state index contributed by atoms with van der Waals surface area (Å²) in [6.45, 7) is 0. The van der Waals surface area contributed by atoms with Crippen molar-refractivity contribution in [1.82, 2.24) is 9.80 Å². The number of barbiturate groups is 1. The number of nitrogens with zero attached hydrogens (tertiary/aromatic N) is 2. The maximum absolute atomic E-state index is 12.2. The van der Waals surface area contributed by atoms with Gasteiger partial charge >= 0.3 is 6.03 Å². The van der Waals surface area contributed by atoms with Gasteiger partial charge in [-0.1, -0.05) is 29.3 Å². The quantitative estimate of drug-likeness (QED) is 0.826. The van der Waals surface area contributed by atoms with E-state index < -0.39 is 29.7 Å². The largest absolute Gasteiger partial charge is 0.332 e. The first-order valence-corrected chi connectivity index (χ1v) is 6.85. The van der Waals surface area contributed by atoms with E-state index in [1.54, 1.807) is 6.07 Å². The highest BCUT2D eigenvalue weighted by molar-refractivity contribution is 6.44. The van der Waals surface area contributed by atoms with Crippen LogP contribution in [0.25, 0.3) is 0 Å². The van der Waals surface area contributed by atoms with Crippen LogP contribution in [0.15, 0.2) is 18.2 Å². The fourth-order valence-electron chi connectivity index (χ4n) is 1.94. The van der Waals surface area contributed by atoms with Crippen molar-refractivity contribution in [2.75, 3.05) is 19.4 Å². The number of benzene rings is 1. The first-order chi connectivity index (χ1) is 10.3. The Hall–Kier alpha value is -2.12. The zero-order valence-corrected chi connectivity index (χ0v) is 13.1. The average Bonchev–Trinajstić information content (AvgIpc) is 2.48. The molecule has 0 aliphatic carbocycles. The number of hydrogen-bond donors (Lipinski definition) is 1. The Labute approximate surface area is 135 Å². The summed E-state index contributed by atoms with van der Waals surface area (Å²) >= 11 is 11.8. The summed E-state index contributed by atoms with van der Waals surface area (Å²) in [4.78, 5) is 49.3. The summed E-state index contributed by atoms with van der Waals surface area (Å²) in [5.41, 5.74) is 0.168. The molecule has 0 bridgehead atoms. The lowest BCUT2D eigenvalue weighted by Crippen LogP contribution is -2.59. The fraction of sp³-hybridized carbons (Fsp3) is 0.231. The molecule has 0 atom stereocenters. The first-order valence-electron chi connectivity index (χ1n) is 6.09. The van der Waals surface area contributed by atoms with Crippen LogP contribution >= 0.6 is 23.2 Å². The lowest BCUT2D eigenvalue weighted by molar-refractivity contribution is -0.151. The molecule has 0 saturated carbocycles. The maximum atomic E-state index is 12.2. The van der Waals surface area contributed by atoms with E-state index in [-0.39, 0.29) is 15.7 Å². The monoisotopic (exact) mass is 343 g/mol. The molecule has 1 fully saturated rings. The van der Waals surface area contributed by atoms with E-state index in [1.165, 1.54) is 26.2 Å². The molecule has 5 amide bonds. The molecule has 1 aromatic carbocycles. The highest BCUT2D eigenvalue weighted by Crippen LogP contribution is 2.30. The summed E-state index contributed by atoms with van der Waals surface area (Å²) in [7, 11) is 2.39. The summed E-state index contributed by atoms with van der Waals surface area (Å²) in [6.07, 6.45) is 0. The number of imide groups is 2. The Morgan fingerprint density at radius 1 is 1.09 bits per heavy atom. The minimum Gasteiger partial charge on any atom is -0.324 e. The molecule has 1 saturated heterocycles. The first kappa shape index (κ1) is 16.3. The van der Waals surface area contributed by atoms with Crippen LogP contribution < -0.4 is 5.32 Å². The van der Waals surface area contributed by atoms with Gasteiger partial charge in [0, 0.05) is 14.1 Å². The third-order valence-electron chi connectivity index (χ3n) is 3.20. The minimum atomic E-state index is -1.65. The molecule has 2 rings (SSSR count). The average molecular weight is 344 g/mol. The summed E-state index contributed by atoms with van der Waals surface area (Å²) in [5.74, 6) is -4.33. The van der Waals surface area contributed by atoms with Crippen molar-refractivity contribution in [3.05, 3.63) is 28.2 Å². The van der Waals surface area contributed by atoms with Crippen molar-refractivity contribution in [2.45, 2.75) is 0 Å². The number of carbonyl (C=O) groups excluding carboxylic acids is 4. The second kappa shape index (κ2) is 5.94. The van der Waals surface area contributed by atoms with E-state index in [4.69, 9.17) is 23.2 Å². The van der Waals surface area contributed by atoms with Crippen LogP contribution in [-0.4, -0.2) is 47.6 Å². The van der Waals surface area contributed by atoms with Gasteiger partial charge in [-0.05, 0) is 12.1 Å². The van der Waals surface area contributed by atoms with Gasteiger partial charge in [-0.3, -0.25) is 24.2 Å². The number of carbonyl (C=O) groups is 4. The molecule has 116 valence electrons. The lowest BCUT2D eigenvalue weighted by atomic mass is 10.0. The van der Waals surface area contributed by atoms with Crippen LogP contribution in [0.2, 0.25) is 10.0 Å². The van der Waals surface area contributed by atoms with Crippen LogP contribution in [0.5, 0.6) is 0 Å². The maximum Gasteiger partial charge on any atom is 0.332 e. The predicted octanol–water partition coefficient (Wildman–Crippen LogP) is 1.60. The molecule has 0 radical (unpaired) electrons. The van der Waals surface area contributed by atoms with Gasteiger partial charge in [0.15, 0.2) is 5.92 Å². The minimum absolute atomic E-state index is 0.0889. The number of hydrogen-bond acceptors (Lipinski definition) is 4. The molecule has 9 heteroatoms. The molecule has 0 aromatic heterocycles. The van der Waals surface area contributed by atoms with E-state index in [0.29, 0.717) is 9.80 Å². The number of anilines is 1. The molecule has 1 aliphatic rings. The Kier molecular flexibility index (Phi) is 4.39. The standard InChI is InChI=1S/C13H11Cl2N3O4/c1-17-11(20)8(12(21)18(2)13(17)22)10(19)16-7-5-3-4-6(14)9(7)15/h3-5,8H,1-2H3,(H,16,19). The van der Waals surface area contributed by atoms with Gasteiger partial charge in [0.25, 0.3) is 11.8 Å². The Bertz CT molecular complexity index is 668. The molecule has 0 spiro atoms. The topological polar surface area (TPSA) is 86.8 Å². The zero-order valence-electron chi connectivity index (χ0n) is 11.6. The van der Waals surface area contributed by atoms with E-state index in [9.17, 15) is 19.2 Å². The summed E-state index contributed by atoms with van der Waals surface area (Å²) < 4.78 is 0. The molecular weight excluding hydrogens is 333 g/mol. The second-order valence-corrected chi connectivity index (χ2v) is 5.39. The Morgan fingerprint density at radius 3 is 2.18 bits per heavy atom. The van der Waals surface area contributed by atoms with Gasteiger partial charge in [-0.25, -0.2) is 4.79 Å². The van der Waals surface area contributed by atoms with Crippen LogP contribution in [0.1, 0.15) is 0 Å². The van der Waals surface area contributed by atoms with E-state index >= 15 is 0 Å². The molecule has 1 heterocycles. The van der Waals surface area contributed by atoms with Gasteiger partial charge < -0.3 is 5.32 Å². The number of rotatable bonds is 2. The third kappa shape index (κ3) is 2.65. The van der Waals surface area contributed by atoms with Crippen molar-refractivity contribution in [2.24, 2.45) is 5.92 Å². The smallest absolute Gasteiger partial charge is 0.324 e. The van der Waals surface area contributed by atoms with Gasteiger partial charge in [0.05, 0.1) is 15.7 Å². The molecule has 22 heavy (non-hydrogen) atoms. The van der Waals surface area contributed by atoms with E-state index in [0.717, 1.165) is 0 Å². The van der Waals surface area contributed by atoms with Crippen LogP contribution in [0.3, 0.4) is 0 Å². The molecule has 7 nitrogen and oxygen atoms in total. The molecule has 1 aromatic rings. The SMILES string of the molecule is CN1C(=O)C(C(=O)Nc2cccc(Cl)c2Cl)C(=O)N(C)C1=O. The zero-order chi connectivity index (χ0) is 16.6. The van der Waals surface area contributed by atoms with Gasteiger partial charge in [-0.15, -0.1) is 0 Å². The predicted molar refractivity (Wildman–Crippen MR) is 79.5 cm³/mol. The van der Waals surface area contributed by atoms with Gasteiger partial charge in [-0.2, -0.15) is 0 Å². The summed E-state index contributed by atoms with van der Waals surface area (Å²) in [5, 5.41) is 2.68. The molecule has 0 unspecified atom stereocenters. The Morgan fingerprint density at radius 2 is 1.64 bits per heavy atom. The fourth-order valence-corrected chi connectivity index (χ4v) is 2.28. The summed E-state index contributed by atoms with van der Waals surface area (Å²) in [6, 6.07) is 3.76. The lowest BCUT2D eigenvalue weighted by Gasteiger charge is -2.32. The normalized spacial score (nSPS) is 16.3. The molecule has 1 N–H and O–H groups in total. The van der Waals surface area contributed by atoms with Crippen molar-refractivity contribution in [3.8, 4) is 0 Å². The number of nitrogens with one attached hydrogen (secondary N) is 1. The number of halogens is 2. The van der Waals surface area contributed by atoms with Crippen LogP contribution in [0, 0.1) is 5.92 Å². The molecular formula is C13H11Cl2N3O4. The van der Waals surface area contributed by atoms with Crippen LogP contribution in [-0.2, 0) is 14.4 Å². The van der Waals surface area contributed by atoms with E-state index in [2.05, 4.69) is 5.32 Å². The highest BCUT2D eigenvalue weighted by atomic mass is 35.5.